The lowest BCUT2D eigenvalue weighted by Crippen LogP contribution is -2.56. The molecule has 0 aromatic heterocycles. The van der Waals surface area contributed by atoms with E-state index in [0.29, 0.717) is 24.5 Å². The van der Waals surface area contributed by atoms with Gasteiger partial charge in [0.2, 0.25) is 5.91 Å². The molecule has 1 N–H and O–H groups in total. The lowest BCUT2D eigenvalue weighted by molar-refractivity contribution is -0.122. The Kier molecular flexibility index (Phi) is 5.96. The van der Waals surface area contributed by atoms with Gasteiger partial charge in [-0.3, -0.25) is 9.69 Å². The molecule has 28 heavy (non-hydrogen) atoms. The molecule has 2 heterocycles. The monoisotopic (exact) mass is 378 g/mol. The summed E-state index contributed by atoms with van der Waals surface area (Å²) in [6.07, 6.45) is 6.30. The Bertz CT molecular complexity index is 778. The van der Waals surface area contributed by atoms with Crippen LogP contribution in [0.5, 0.6) is 5.75 Å². The number of para-hydroxylation sites is 1. The van der Waals surface area contributed by atoms with Gasteiger partial charge >= 0.3 is 0 Å². The Labute approximate surface area is 167 Å². The first-order valence-corrected chi connectivity index (χ1v) is 10.4. The molecule has 4 nitrogen and oxygen atoms in total. The molecule has 0 aliphatic carbocycles. The minimum atomic E-state index is 0.146. The number of methoxy groups -OCH3 is 1. The van der Waals surface area contributed by atoms with Crippen LogP contribution < -0.4 is 10.1 Å². The Hall–Kier alpha value is -2.33. The van der Waals surface area contributed by atoms with Crippen LogP contribution in [0.1, 0.15) is 43.2 Å². The van der Waals surface area contributed by atoms with Crippen molar-refractivity contribution in [2.75, 3.05) is 7.11 Å². The van der Waals surface area contributed by atoms with Crippen molar-refractivity contribution < 1.29 is 9.53 Å². The van der Waals surface area contributed by atoms with Gasteiger partial charge < -0.3 is 10.1 Å². The van der Waals surface area contributed by atoms with Gasteiger partial charge in [0.15, 0.2) is 0 Å². The maximum absolute atomic E-state index is 12.5. The Morgan fingerprint density at radius 2 is 1.71 bits per heavy atom. The van der Waals surface area contributed by atoms with E-state index in [9.17, 15) is 4.79 Å². The van der Waals surface area contributed by atoms with E-state index in [-0.39, 0.29) is 5.91 Å². The number of benzene rings is 2. The smallest absolute Gasteiger partial charge is 0.224 e. The molecule has 0 radical (unpaired) electrons. The number of carbonyl (C=O) groups excluding carboxylic acids is 1. The van der Waals surface area contributed by atoms with E-state index >= 15 is 0 Å². The molecule has 148 valence electrons. The molecule has 2 saturated heterocycles. The van der Waals surface area contributed by atoms with Crippen molar-refractivity contribution in [1.82, 2.24) is 10.2 Å². The van der Waals surface area contributed by atoms with Crippen molar-refractivity contribution in [3.63, 3.8) is 0 Å². The standard InChI is InChI=1S/C24H30N2O2/c1-28-23-13-6-5-10-19(23)17-26-21-11-7-12-22(26)16-20(15-21)25-24(27)14-18-8-3-2-4-9-18/h2-6,8-10,13,20-22H,7,11-12,14-17H2,1H3,(H,25,27)/t21-,22-/m0/s1. The quantitative estimate of drug-likeness (QED) is 0.828. The van der Waals surface area contributed by atoms with Gasteiger partial charge in [-0.25, -0.2) is 0 Å². The second kappa shape index (κ2) is 8.78. The van der Waals surface area contributed by atoms with E-state index in [1.54, 1.807) is 7.11 Å². The summed E-state index contributed by atoms with van der Waals surface area (Å²) in [5, 5.41) is 3.31. The number of hydrogen-bond acceptors (Lipinski definition) is 3. The fourth-order valence-corrected chi connectivity index (χ4v) is 4.94. The highest BCUT2D eigenvalue weighted by molar-refractivity contribution is 5.78. The molecule has 0 saturated carbocycles. The summed E-state index contributed by atoms with van der Waals surface area (Å²) >= 11 is 0. The normalized spacial score (nSPS) is 24.5. The number of piperidine rings is 2. The molecule has 4 heteroatoms. The van der Waals surface area contributed by atoms with Gasteiger partial charge in [-0.1, -0.05) is 55.0 Å². The molecule has 2 aliphatic heterocycles. The second-order valence-corrected chi connectivity index (χ2v) is 8.12. The molecule has 2 fully saturated rings. The Balaban J connectivity index is 1.38. The summed E-state index contributed by atoms with van der Waals surface area (Å²) in [5.41, 5.74) is 2.34. The van der Waals surface area contributed by atoms with Crippen LogP contribution in [0.2, 0.25) is 0 Å². The minimum Gasteiger partial charge on any atom is -0.496 e. The van der Waals surface area contributed by atoms with Crippen LogP contribution in [0.4, 0.5) is 0 Å². The summed E-state index contributed by atoms with van der Waals surface area (Å²) in [7, 11) is 1.74. The van der Waals surface area contributed by atoms with Gasteiger partial charge in [0, 0.05) is 30.2 Å². The highest BCUT2D eigenvalue weighted by Gasteiger charge is 2.38. The number of hydrogen-bond donors (Lipinski definition) is 1. The van der Waals surface area contributed by atoms with Crippen LogP contribution in [0.25, 0.3) is 0 Å². The SMILES string of the molecule is COc1ccccc1CN1[C@H]2CCC[C@H]1CC(NC(=O)Cc1ccccc1)C2. The van der Waals surface area contributed by atoms with Crippen molar-refractivity contribution in [1.29, 1.82) is 0 Å². The third-order valence-electron chi connectivity index (χ3n) is 6.24. The third-order valence-corrected chi connectivity index (χ3v) is 6.24. The van der Waals surface area contributed by atoms with Gasteiger partial charge in [-0.05, 0) is 37.3 Å². The lowest BCUT2D eigenvalue weighted by Gasteiger charge is -2.49. The number of rotatable bonds is 6. The zero-order valence-electron chi connectivity index (χ0n) is 16.6. The number of fused-ring (bicyclic) bond motifs is 2. The number of amides is 1. The van der Waals surface area contributed by atoms with Crippen LogP contribution in [-0.2, 0) is 17.8 Å². The van der Waals surface area contributed by atoms with E-state index in [1.807, 2.05) is 42.5 Å². The van der Waals surface area contributed by atoms with Crippen molar-refractivity contribution >= 4 is 5.91 Å². The molecule has 4 rings (SSSR count). The fraction of sp³-hybridized carbons (Fsp3) is 0.458. The largest absolute Gasteiger partial charge is 0.496 e. The first kappa shape index (κ1) is 19.0. The first-order chi connectivity index (χ1) is 13.7. The maximum Gasteiger partial charge on any atom is 0.224 e. The average molecular weight is 379 g/mol. The lowest BCUT2D eigenvalue weighted by atomic mass is 9.81. The summed E-state index contributed by atoms with van der Waals surface area (Å²) in [5.74, 6) is 1.12. The van der Waals surface area contributed by atoms with Gasteiger partial charge in [0.25, 0.3) is 0 Å². The molecule has 0 spiro atoms. The van der Waals surface area contributed by atoms with Crippen molar-refractivity contribution in [3.8, 4) is 5.75 Å². The number of carbonyl (C=O) groups is 1. The van der Waals surface area contributed by atoms with E-state index in [4.69, 9.17) is 4.74 Å². The van der Waals surface area contributed by atoms with Crippen LogP contribution in [-0.4, -0.2) is 36.0 Å². The fourth-order valence-electron chi connectivity index (χ4n) is 4.94. The van der Waals surface area contributed by atoms with Gasteiger partial charge in [-0.2, -0.15) is 0 Å². The second-order valence-electron chi connectivity index (χ2n) is 8.12. The summed E-state index contributed by atoms with van der Waals surface area (Å²) in [6.45, 7) is 0.935. The van der Waals surface area contributed by atoms with Gasteiger partial charge in [-0.15, -0.1) is 0 Å². The summed E-state index contributed by atoms with van der Waals surface area (Å²) in [6, 6.07) is 19.7. The van der Waals surface area contributed by atoms with Gasteiger partial charge in [0.1, 0.15) is 5.75 Å². The molecule has 2 aromatic rings. The summed E-state index contributed by atoms with van der Waals surface area (Å²) < 4.78 is 5.56. The van der Waals surface area contributed by atoms with E-state index in [0.717, 1.165) is 30.7 Å². The molecule has 2 bridgehead atoms. The predicted molar refractivity (Wildman–Crippen MR) is 111 cm³/mol. The zero-order chi connectivity index (χ0) is 19.3. The third kappa shape index (κ3) is 4.39. The first-order valence-electron chi connectivity index (χ1n) is 10.4. The highest BCUT2D eigenvalue weighted by atomic mass is 16.5. The maximum atomic E-state index is 12.5. The minimum absolute atomic E-state index is 0.146. The van der Waals surface area contributed by atoms with Crippen LogP contribution >= 0.6 is 0 Å². The van der Waals surface area contributed by atoms with Gasteiger partial charge in [0.05, 0.1) is 13.5 Å². The van der Waals surface area contributed by atoms with Crippen LogP contribution in [0, 0.1) is 0 Å². The van der Waals surface area contributed by atoms with Crippen molar-refractivity contribution in [2.45, 2.75) is 63.2 Å². The van der Waals surface area contributed by atoms with E-state index in [1.165, 1.54) is 24.8 Å². The molecule has 2 aliphatic rings. The molecular formula is C24H30N2O2. The summed E-state index contributed by atoms with van der Waals surface area (Å²) in [4.78, 5) is 15.2. The molecule has 2 atom stereocenters. The topological polar surface area (TPSA) is 41.6 Å². The molecule has 2 aromatic carbocycles. The Morgan fingerprint density at radius 3 is 2.43 bits per heavy atom. The number of ether oxygens (including phenoxy) is 1. The molecule has 1 amide bonds. The van der Waals surface area contributed by atoms with E-state index in [2.05, 4.69) is 22.3 Å². The van der Waals surface area contributed by atoms with Crippen molar-refractivity contribution in [2.24, 2.45) is 0 Å². The van der Waals surface area contributed by atoms with Crippen LogP contribution in [0.3, 0.4) is 0 Å². The van der Waals surface area contributed by atoms with Crippen LogP contribution in [0.15, 0.2) is 54.6 Å². The predicted octanol–water partition coefficient (Wildman–Crippen LogP) is 3.94. The zero-order valence-corrected chi connectivity index (χ0v) is 16.6. The molecule has 0 unspecified atom stereocenters. The Morgan fingerprint density at radius 1 is 1.04 bits per heavy atom. The van der Waals surface area contributed by atoms with E-state index < -0.39 is 0 Å². The van der Waals surface area contributed by atoms with Crippen molar-refractivity contribution in [3.05, 3.63) is 65.7 Å². The number of nitrogens with zero attached hydrogens (tertiary/aromatic N) is 1. The molecular weight excluding hydrogens is 348 g/mol. The average Bonchev–Trinajstić information content (AvgIpc) is 2.69. The highest BCUT2D eigenvalue weighted by Crippen LogP contribution is 2.36. The number of nitrogens with one attached hydrogen (secondary N) is 1.